The molecule has 3 rings (SSSR count). The van der Waals surface area contributed by atoms with E-state index in [1.807, 2.05) is 6.07 Å². The zero-order chi connectivity index (χ0) is 15.0. The maximum atomic E-state index is 12.6. The number of nitro groups is 1. The Morgan fingerprint density at radius 1 is 1.24 bits per heavy atom. The van der Waals surface area contributed by atoms with Crippen molar-refractivity contribution in [2.45, 2.75) is 11.3 Å². The van der Waals surface area contributed by atoms with E-state index in [4.69, 9.17) is 0 Å². The third-order valence-electron chi connectivity index (χ3n) is 3.30. The molecule has 0 spiro atoms. The maximum Gasteiger partial charge on any atom is 0.270 e. The third kappa shape index (κ3) is 2.23. The number of anilines is 1. The second-order valence-corrected chi connectivity index (χ2v) is 6.43. The number of hydrogen-bond donors (Lipinski definition) is 0. The molecule has 0 amide bonds. The molecule has 1 aromatic carbocycles. The highest BCUT2D eigenvalue weighted by Gasteiger charge is 2.32. The highest BCUT2D eigenvalue weighted by atomic mass is 32.2. The first-order valence-electron chi connectivity index (χ1n) is 6.21. The van der Waals surface area contributed by atoms with Crippen molar-refractivity contribution in [1.29, 1.82) is 0 Å². The predicted octanol–water partition coefficient (Wildman–Crippen LogP) is 1.74. The van der Waals surface area contributed by atoms with Crippen LogP contribution in [0.5, 0.6) is 0 Å². The monoisotopic (exact) mass is 305 g/mol. The molecule has 0 radical (unpaired) electrons. The number of non-ortho nitro benzene ring substituents is 1. The summed E-state index contributed by atoms with van der Waals surface area (Å²) in [4.78, 5) is 14.2. The van der Waals surface area contributed by atoms with Crippen LogP contribution in [0.15, 0.2) is 47.5 Å². The first kappa shape index (κ1) is 13.5. The normalized spacial score (nSPS) is 14.0. The van der Waals surface area contributed by atoms with Gasteiger partial charge in [-0.05, 0) is 24.1 Å². The second kappa shape index (κ2) is 4.81. The minimum atomic E-state index is -3.84. The van der Waals surface area contributed by atoms with Gasteiger partial charge in [-0.25, -0.2) is 17.7 Å². The van der Waals surface area contributed by atoms with Crippen molar-refractivity contribution in [3.63, 3.8) is 0 Å². The van der Waals surface area contributed by atoms with Crippen LogP contribution in [0.3, 0.4) is 0 Å². The molecular formula is C13H11N3O4S. The van der Waals surface area contributed by atoms with E-state index in [0.29, 0.717) is 12.2 Å². The lowest BCUT2D eigenvalue weighted by Gasteiger charge is -2.18. The number of hydrogen-bond acceptors (Lipinski definition) is 5. The fraction of sp³-hybridized carbons (Fsp3) is 0.154. The number of aromatic nitrogens is 1. The van der Waals surface area contributed by atoms with Crippen molar-refractivity contribution in [3.8, 4) is 0 Å². The number of benzene rings is 1. The van der Waals surface area contributed by atoms with Crippen LogP contribution in [0, 0.1) is 10.1 Å². The Labute approximate surface area is 121 Å². The summed E-state index contributed by atoms with van der Waals surface area (Å²) in [6, 6.07) is 8.61. The predicted molar refractivity (Wildman–Crippen MR) is 75.6 cm³/mol. The lowest BCUT2D eigenvalue weighted by atomic mass is 10.2. The Bertz CT molecular complexity index is 820. The summed E-state index contributed by atoms with van der Waals surface area (Å²) in [6.07, 6.45) is 2.11. The fourth-order valence-corrected chi connectivity index (χ4v) is 3.80. The van der Waals surface area contributed by atoms with E-state index in [1.165, 1.54) is 28.7 Å². The number of nitro benzene ring substituents is 1. The first-order valence-corrected chi connectivity index (χ1v) is 7.65. The van der Waals surface area contributed by atoms with Crippen LogP contribution < -0.4 is 4.31 Å². The topological polar surface area (TPSA) is 93.4 Å². The van der Waals surface area contributed by atoms with Crippen LogP contribution in [0.4, 0.5) is 11.5 Å². The fourth-order valence-electron chi connectivity index (χ4n) is 2.30. The van der Waals surface area contributed by atoms with E-state index >= 15 is 0 Å². The lowest BCUT2D eigenvalue weighted by Crippen LogP contribution is -2.29. The van der Waals surface area contributed by atoms with Crippen molar-refractivity contribution in [3.05, 3.63) is 58.3 Å². The molecule has 21 heavy (non-hydrogen) atoms. The summed E-state index contributed by atoms with van der Waals surface area (Å²) >= 11 is 0. The largest absolute Gasteiger partial charge is 0.270 e. The number of rotatable bonds is 3. The van der Waals surface area contributed by atoms with Crippen LogP contribution >= 0.6 is 0 Å². The smallest absolute Gasteiger partial charge is 0.258 e. The number of fused-ring (bicyclic) bond motifs is 1. The molecule has 2 heterocycles. The second-order valence-electron chi connectivity index (χ2n) is 4.57. The van der Waals surface area contributed by atoms with E-state index in [2.05, 4.69) is 4.98 Å². The number of nitrogens with zero attached hydrogens (tertiary/aromatic N) is 3. The zero-order valence-electron chi connectivity index (χ0n) is 10.8. The molecule has 1 aliphatic heterocycles. The molecule has 8 heteroatoms. The molecule has 0 bridgehead atoms. The molecule has 0 N–H and O–H groups in total. The average Bonchev–Trinajstić information content (AvgIpc) is 2.92. The van der Waals surface area contributed by atoms with Crippen LogP contribution in [0.1, 0.15) is 5.56 Å². The van der Waals surface area contributed by atoms with Crippen molar-refractivity contribution >= 4 is 21.5 Å². The lowest BCUT2D eigenvalue weighted by molar-refractivity contribution is -0.385. The Balaban J connectivity index is 2.06. The van der Waals surface area contributed by atoms with Crippen molar-refractivity contribution in [2.75, 3.05) is 10.8 Å². The van der Waals surface area contributed by atoms with Gasteiger partial charge in [0.05, 0.1) is 9.82 Å². The standard InChI is InChI=1S/C13H11N3O4S/c17-16(18)11-4-1-5-12(9-11)21(19,20)15-8-6-10-3-2-7-14-13(10)15/h1-5,7,9H,6,8H2. The molecule has 0 atom stereocenters. The summed E-state index contributed by atoms with van der Waals surface area (Å²) in [7, 11) is -3.84. The SMILES string of the molecule is O=[N+]([O-])c1cccc(S(=O)(=O)N2CCc3cccnc32)c1. The third-order valence-corrected chi connectivity index (χ3v) is 5.09. The van der Waals surface area contributed by atoms with E-state index in [-0.39, 0.29) is 17.1 Å². The molecule has 0 saturated carbocycles. The quantitative estimate of drug-likeness (QED) is 0.636. The molecule has 108 valence electrons. The maximum absolute atomic E-state index is 12.6. The van der Waals surface area contributed by atoms with Crippen molar-refractivity contribution < 1.29 is 13.3 Å². The van der Waals surface area contributed by atoms with Gasteiger partial charge in [-0.15, -0.1) is 0 Å². The van der Waals surface area contributed by atoms with Crippen molar-refractivity contribution in [1.82, 2.24) is 4.98 Å². The highest BCUT2D eigenvalue weighted by Crippen LogP contribution is 2.31. The van der Waals surface area contributed by atoms with E-state index in [9.17, 15) is 18.5 Å². The highest BCUT2D eigenvalue weighted by molar-refractivity contribution is 7.92. The van der Waals surface area contributed by atoms with Gasteiger partial charge in [-0.1, -0.05) is 12.1 Å². The zero-order valence-corrected chi connectivity index (χ0v) is 11.7. The number of sulfonamides is 1. The minimum Gasteiger partial charge on any atom is -0.258 e. The Kier molecular flexibility index (Phi) is 3.09. The molecule has 0 saturated heterocycles. The van der Waals surface area contributed by atoms with E-state index in [0.717, 1.165) is 11.6 Å². The summed E-state index contributed by atoms with van der Waals surface area (Å²) in [5.41, 5.74) is 0.600. The molecule has 7 nitrogen and oxygen atoms in total. The van der Waals surface area contributed by atoms with Crippen LogP contribution in [-0.4, -0.2) is 24.9 Å². The van der Waals surface area contributed by atoms with E-state index in [1.54, 1.807) is 6.07 Å². The number of pyridine rings is 1. The molecule has 2 aromatic rings. The van der Waals surface area contributed by atoms with Crippen LogP contribution in [-0.2, 0) is 16.4 Å². The van der Waals surface area contributed by atoms with Gasteiger partial charge >= 0.3 is 0 Å². The molecular weight excluding hydrogens is 294 g/mol. The Hall–Kier alpha value is -2.48. The molecule has 0 aliphatic carbocycles. The summed E-state index contributed by atoms with van der Waals surface area (Å²) in [6.45, 7) is 0.289. The van der Waals surface area contributed by atoms with Gasteiger partial charge in [0.25, 0.3) is 15.7 Å². The minimum absolute atomic E-state index is 0.102. The Morgan fingerprint density at radius 3 is 2.81 bits per heavy atom. The van der Waals surface area contributed by atoms with Gasteiger partial charge in [-0.3, -0.25) is 10.1 Å². The van der Waals surface area contributed by atoms with Crippen LogP contribution in [0.25, 0.3) is 0 Å². The van der Waals surface area contributed by atoms with Gasteiger partial charge in [0.1, 0.15) is 5.82 Å². The Morgan fingerprint density at radius 2 is 2.05 bits per heavy atom. The van der Waals surface area contributed by atoms with Gasteiger partial charge in [0.15, 0.2) is 0 Å². The summed E-state index contributed by atoms with van der Waals surface area (Å²) in [5, 5.41) is 10.8. The van der Waals surface area contributed by atoms with Crippen LogP contribution in [0.2, 0.25) is 0 Å². The van der Waals surface area contributed by atoms with Gasteiger partial charge in [-0.2, -0.15) is 0 Å². The molecule has 0 fully saturated rings. The molecule has 0 unspecified atom stereocenters. The van der Waals surface area contributed by atoms with Gasteiger partial charge in [0, 0.05) is 24.9 Å². The summed E-state index contributed by atoms with van der Waals surface area (Å²) < 4.78 is 26.5. The van der Waals surface area contributed by atoms with Gasteiger partial charge < -0.3 is 0 Å². The molecule has 1 aliphatic rings. The summed E-state index contributed by atoms with van der Waals surface area (Å²) in [5.74, 6) is 0.393. The van der Waals surface area contributed by atoms with Gasteiger partial charge in [0.2, 0.25) is 0 Å². The van der Waals surface area contributed by atoms with Crippen molar-refractivity contribution in [2.24, 2.45) is 0 Å². The molecule has 1 aromatic heterocycles. The first-order chi connectivity index (χ1) is 10.00. The average molecular weight is 305 g/mol. The van der Waals surface area contributed by atoms with E-state index < -0.39 is 14.9 Å².